The van der Waals surface area contributed by atoms with Crippen LogP contribution in [0.5, 0.6) is 0 Å². The van der Waals surface area contributed by atoms with Crippen molar-refractivity contribution in [2.75, 3.05) is 19.6 Å². The molecule has 4 rings (SSSR count). The van der Waals surface area contributed by atoms with E-state index in [9.17, 15) is 13.2 Å². The first-order valence-corrected chi connectivity index (χ1v) is 10.2. The maximum Gasteiger partial charge on any atom is 0.418 e. The Labute approximate surface area is 156 Å². The Bertz CT molecular complexity index is 811. The molecule has 3 fully saturated rings. The van der Waals surface area contributed by atoms with Gasteiger partial charge in [-0.2, -0.15) is 13.5 Å². The van der Waals surface area contributed by atoms with Gasteiger partial charge in [0.25, 0.3) is 0 Å². The monoisotopic (exact) mass is 402 g/mol. The molecule has 27 heavy (non-hydrogen) atoms. The molecule has 2 amide bonds. The minimum absolute atomic E-state index is 0.174. The smallest absolute Gasteiger partial charge is 0.418 e. The van der Waals surface area contributed by atoms with Crippen molar-refractivity contribution in [1.29, 1.82) is 0 Å². The van der Waals surface area contributed by atoms with Crippen molar-refractivity contribution < 1.29 is 26.5 Å². The predicted molar refractivity (Wildman–Crippen MR) is 89.6 cm³/mol. The van der Waals surface area contributed by atoms with Crippen LogP contribution in [0.1, 0.15) is 37.6 Å². The van der Waals surface area contributed by atoms with E-state index < -0.39 is 28.5 Å². The van der Waals surface area contributed by atoms with Gasteiger partial charge in [-0.15, -0.1) is 14.5 Å². The summed E-state index contributed by atoms with van der Waals surface area (Å²) in [5, 5.41) is 15.5. The lowest BCUT2D eigenvalue weighted by Crippen LogP contribution is -2.57. The molecule has 0 saturated carbocycles. The molecule has 150 valence electrons. The van der Waals surface area contributed by atoms with Gasteiger partial charge in [-0.05, 0) is 19.8 Å². The highest BCUT2D eigenvalue weighted by Gasteiger charge is 2.49. The molecule has 3 atom stereocenters. The third kappa shape index (κ3) is 3.91. The molecular formula is C14H22N6O6S. The number of piperidine rings is 1. The van der Waals surface area contributed by atoms with Gasteiger partial charge in [-0.25, -0.2) is 4.79 Å². The second-order valence-electron chi connectivity index (χ2n) is 7.17. The van der Waals surface area contributed by atoms with E-state index in [1.807, 2.05) is 6.92 Å². The van der Waals surface area contributed by atoms with Crippen LogP contribution in [-0.4, -0.2) is 76.9 Å². The van der Waals surface area contributed by atoms with Crippen LogP contribution in [0.15, 0.2) is 4.42 Å². The number of fused-ring (bicyclic) bond motifs is 2. The minimum atomic E-state index is -4.76. The summed E-state index contributed by atoms with van der Waals surface area (Å²) in [6.45, 7) is 4.20. The zero-order valence-corrected chi connectivity index (χ0v) is 15.6. The number of nitrogens with zero attached hydrogens (tertiary/aromatic N) is 4. The third-order valence-corrected chi connectivity index (χ3v) is 5.40. The van der Waals surface area contributed by atoms with Crippen LogP contribution >= 0.6 is 0 Å². The van der Waals surface area contributed by atoms with Crippen molar-refractivity contribution in [2.24, 2.45) is 0 Å². The zero-order valence-electron chi connectivity index (χ0n) is 14.7. The average molecular weight is 402 g/mol. The molecule has 2 bridgehead atoms. The normalized spacial score (nSPS) is 27.1. The number of carbonyl (C=O) groups excluding carboxylic acids is 1. The van der Waals surface area contributed by atoms with Gasteiger partial charge in [0, 0.05) is 38.1 Å². The molecule has 0 aliphatic carbocycles. The fourth-order valence-corrected chi connectivity index (χ4v) is 4.09. The fraction of sp³-hybridized carbons (Fsp3) is 0.786. The average Bonchev–Trinajstić information content (AvgIpc) is 3.10. The lowest BCUT2D eigenvalue weighted by Gasteiger charge is -2.30. The highest BCUT2D eigenvalue weighted by atomic mass is 32.3. The number of aromatic nitrogens is 2. The van der Waals surface area contributed by atoms with Crippen molar-refractivity contribution in [3.8, 4) is 0 Å². The van der Waals surface area contributed by atoms with Crippen molar-refractivity contribution >= 4 is 16.4 Å². The number of hydrogen-bond donors (Lipinski definition) is 3. The van der Waals surface area contributed by atoms with Gasteiger partial charge in [-0.3, -0.25) is 4.55 Å². The molecule has 12 nitrogen and oxygen atoms in total. The van der Waals surface area contributed by atoms with Gasteiger partial charge < -0.3 is 20.0 Å². The maximum atomic E-state index is 12.4. The molecule has 3 N–H and O–H groups in total. The first-order valence-electron chi connectivity index (χ1n) is 8.86. The topological polar surface area (TPSA) is 150 Å². The first-order chi connectivity index (χ1) is 12.8. The maximum absolute atomic E-state index is 12.4. The molecule has 3 saturated heterocycles. The van der Waals surface area contributed by atoms with Crippen molar-refractivity contribution in [2.45, 2.75) is 50.4 Å². The second-order valence-corrected chi connectivity index (χ2v) is 8.18. The molecule has 1 aromatic rings. The van der Waals surface area contributed by atoms with Crippen LogP contribution < -0.4 is 10.6 Å². The van der Waals surface area contributed by atoms with E-state index in [0.29, 0.717) is 42.1 Å². The largest absolute Gasteiger partial charge is 0.423 e. The Hall–Kier alpha value is -1.80. The Balaban J connectivity index is 1.41. The van der Waals surface area contributed by atoms with Crippen molar-refractivity contribution in [3.05, 3.63) is 11.8 Å². The second kappa shape index (κ2) is 6.98. The molecular weight excluding hydrogens is 380 g/mol. The van der Waals surface area contributed by atoms with E-state index in [1.54, 1.807) is 0 Å². The first kappa shape index (κ1) is 18.6. The summed E-state index contributed by atoms with van der Waals surface area (Å²) in [4.78, 5) is 13.9. The summed E-state index contributed by atoms with van der Waals surface area (Å²) in [5.41, 5.74) is 0. The van der Waals surface area contributed by atoms with Gasteiger partial charge in [0.05, 0.1) is 6.04 Å². The summed E-state index contributed by atoms with van der Waals surface area (Å²) < 4.78 is 40.9. The Kier molecular flexibility index (Phi) is 4.80. The van der Waals surface area contributed by atoms with E-state index in [2.05, 4.69) is 25.1 Å². The third-order valence-electron chi connectivity index (χ3n) is 5.05. The van der Waals surface area contributed by atoms with Crippen LogP contribution in [-0.2, 0) is 21.1 Å². The molecule has 3 aliphatic heterocycles. The molecule has 1 unspecified atom stereocenters. The molecule has 1 aromatic heterocycles. The van der Waals surface area contributed by atoms with Crippen LogP contribution in [0.4, 0.5) is 4.79 Å². The minimum Gasteiger partial charge on any atom is -0.423 e. The summed E-state index contributed by atoms with van der Waals surface area (Å²) >= 11 is 0. The summed E-state index contributed by atoms with van der Waals surface area (Å²) in [7, 11) is -4.76. The number of amides is 2. The van der Waals surface area contributed by atoms with Crippen LogP contribution in [0, 0.1) is 0 Å². The SMILES string of the molecule is CC(Cc1nnc([C@@H]2CC[C@@H]3CN2C(=O)N3OS(=O)(=O)O)o1)NC1CNC1. The highest BCUT2D eigenvalue weighted by Crippen LogP contribution is 2.38. The lowest BCUT2D eigenvalue weighted by atomic mass is 10.0. The zero-order chi connectivity index (χ0) is 19.2. The molecule has 3 aliphatic rings. The van der Waals surface area contributed by atoms with Crippen LogP contribution in [0.2, 0.25) is 0 Å². The summed E-state index contributed by atoms with van der Waals surface area (Å²) in [5.74, 6) is 0.806. The fourth-order valence-electron chi connectivity index (χ4n) is 3.70. The molecule has 4 heterocycles. The molecule has 0 radical (unpaired) electrons. The molecule has 0 spiro atoms. The van der Waals surface area contributed by atoms with Gasteiger partial charge >= 0.3 is 16.4 Å². The molecule has 13 heteroatoms. The Morgan fingerprint density at radius 1 is 1.41 bits per heavy atom. The van der Waals surface area contributed by atoms with Gasteiger partial charge in [0.2, 0.25) is 11.8 Å². The number of nitrogens with one attached hydrogen (secondary N) is 2. The Morgan fingerprint density at radius 2 is 2.19 bits per heavy atom. The van der Waals surface area contributed by atoms with E-state index in [4.69, 9.17) is 8.97 Å². The number of hydroxylamine groups is 2. The van der Waals surface area contributed by atoms with E-state index >= 15 is 0 Å². The van der Waals surface area contributed by atoms with E-state index in [0.717, 1.165) is 13.1 Å². The van der Waals surface area contributed by atoms with Gasteiger partial charge in [0.1, 0.15) is 6.04 Å². The summed E-state index contributed by atoms with van der Waals surface area (Å²) in [6.07, 6.45) is 1.60. The van der Waals surface area contributed by atoms with Gasteiger partial charge in [0.15, 0.2) is 0 Å². The standard InChI is InChI=1S/C14H22N6O6S/c1-8(16-9-5-15-6-9)4-12-17-18-13(25-12)11-3-2-10-7-19(11)14(21)20(10)26-27(22,23)24/h8-11,15-16H,2-7H2,1H3,(H,22,23,24)/t8?,10-,11+/m1/s1. The predicted octanol–water partition coefficient (Wildman–Crippen LogP) is -0.762. The van der Waals surface area contributed by atoms with Gasteiger partial charge in [-0.1, -0.05) is 0 Å². The highest BCUT2D eigenvalue weighted by molar-refractivity contribution is 7.80. The van der Waals surface area contributed by atoms with Crippen LogP contribution in [0.25, 0.3) is 0 Å². The van der Waals surface area contributed by atoms with Crippen molar-refractivity contribution in [3.63, 3.8) is 0 Å². The number of hydrogen-bond acceptors (Lipinski definition) is 9. The van der Waals surface area contributed by atoms with E-state index in [1.165, 1.54) is 4.90 Å². The van der Waals surface area contributed by atoms with E-state index in [-0.39, 0.29) is 12.6 Å². The Morgan fingerprint density at radius 3 is 2.85 bits per heavy atom. The van der Waals surface area contributed by atoms with Crippen LogP contribution in [0.3, 0.4) is 0 Å². The van der Waals surface area contributed by atoms with Crippen molar-refractivity contribution in [1.82, 2.24) is 30.8 Å². The number of urea groups is 1. The number of rotatable bonds is 7. The molecule has 0 aromatic carbocycles. The lowest BCUT2D eigenvalue weighted by molar-refractivity contribution is -0.0317. The quantitative estimate of drug-likeness (QED) is 0.496. The summed E-state index contributed by atoms with van der Waals surface area (Å²) in [6, 6.07) is -0.906. The number of carbonyl (C=O) groups is 1.